The van der Waals surface area contributed by atoms with Crippen LogP contribution in [-0.4, -0.2) is 29.7 Å². The van der Waals surface area contributed by atoms with E-state index in [9.17, 15) is 0 Å². The number of aliphatic hydroxyl groups excluding tert-OH is 1. The molecule has 2 heterocycles. The molecule has 0 aliphatic rings. The van der Waals surface area contributed by atoms with Crippen molar-refractivity contribution in [1.29, 1.82) is 0 Å². The molecule has 2 aromatic rings. The van der Waals surface area contributed by atoms with Gasteiger partial charge in [-0.3, -0.25) is 0 Å². The molecule has 0 spiro atoms. The lowest BCUT2D eigenvalue weighted by Gasteiger charge is -2.05. The molecule has 86 valence electrons. The Hall–Kier alpha value is -1.69. The molecule has 0 saturated carbocycles. The Morgan fingerprint density at radius 3 is 3.00 bits per heavy atom. The van der Waals surface area contributed by atoms with Gasteiger partial charge in [-0.25, -0.2) is 9.67 Å². The summed E-state index contributed by atoms with van der Waals surface area (Å²) in [4.78, 5) is 4.12. The molecule has 0 amide bonds. The second-order valence-electron chi connectivity index (χ2n) is 3.64. The van der Waals surface area contributed by atoms with Crippen LogP contribution in [0.4, 0.5) is 0 Å². The van der Waals surface area contributed by atoms with Gasteiger partial charge in [0.25, 0.3) is 0 Å². The molecule has 0 aromatic carbocycles. The number of hydrogen-bond donors (Lipinski definition) is 1. The number of aliphatic hydroxyl groups is 1. The van der Waals surface area contributed by atoms with Crippen LogP contribution in [0.25, 0.3) is 0 Å². The van der Waals surface area contributed by atoms with Crippen molar-refractivity contribution in [3.05, 3.63) is 30.1 Å². The van der Waals surface area contributed by atoms with Crippen LogP contribution in [0.1, 0.15) is 24.7 Å². The zero-order valence-electron chi connectivity index (χ0n) is 9.24. The summed E-state index contributed by atoms with van der Waals surface area (Å²) in [6.07, 6.45) is 6.46. The van der Waals surface area contributed by atoms with Gasteiger partial charge in [0.05, 0.1) is 37.6 Å². The zero-order valence-corrected chi connectivity index (χ0v) is 9.24. The van der Waals surface area contributed by atoms with Gasteiger partial charge in [0.2, 0.25) is 0 Å². The van der Waals surface area contributed by atoms with Crippen LogP contribution in [0.5, 0.6) is 0 Å². The first-order valence-corrected chi connectivity index (χ1v) is 5.32. The Balaban J connectivity index is 2.10. The molecule has 0 aliphatic carbocycles. The van der Waals surface area contributed by atoms with E-state index in [0.29, 0.717) is 12.2 Å². The van der Waals surface area contributed by atoms with Gasteiger partial charge in [0, 0.05) is 6.54 Å². The van der Waals surface area contributed by atoms with Crippen LogP contribution < -0.4 is 0 Å². The maximum absolute atomic E-state index is 8.88. The standard InChI is InChI=1S/C10H15N5O/c1-2-3-14-8-11-4-10(14)6-15-5-9(7-16)12-13-15/h4-5,8,16H,2-3,6-7H2,1H3. The van der Waals surface area contributed by atoms with Crippen molar-refractivity contribution < 1.29 is 5.11 Å². The lowest BCUT2D eigenvalue weighted by molar-refractivity contribution is 0.276. The quantitative estimate of drug-likeness (QED) is 0.794. The minimum Gasteiger partial charge on any atom is -0.390 e. The Morgan fingerprint density at radius 2 is 2.31 bits per heavy atom. The highest BCUT2D eigenvalue weighted by molar-refractivity contribution is 5.00. The van der Waals surface area contributed by atoms with Crippen molar-refractivity contribution in [2.24, 2.45) is 0 Å². The highest BCUT2D eigenvalue weighted by Gasteiger charge is 2.04. The largest absolute Gasteiger partial charge is 0.390 e. The molecule has 2 aromatic heterocycles. The molecule has 16 heavy (non-hydrogen) atoms. The summed E-state index contributed by atoms with van der Waals surface area (Å²) in [6, 6.07) is 0. The van der Waals surface area contributed by atoms with E-state index in [1.807, 2.05) is 12.5 Å². The molecule has 0 saturated heterocycles. The smallest absolute Gasteiger partial charge is 0.108 e. The van der Waals surface area contributed by atoms with Crippen LogP contribution >= 0.6 is 0 Å². The molecule has 0 unspecified atom stereocenters. The second-order valence-corrected chi connectivity index (χ2v) is 3.64. The third-order valence-corrected chi connectivity index (χ3v) is 2.34. The van der Waals surface area contributed by atoms with E-state index in [2.05, 4.69) is 26.8 Å². The number of aromatic nitrogens is 5. The Kier molecular flexibility index (Phi) is 3.31. The second kappa shape index (κ2) is 4.89. The van der Waals surface area contributed by atoms with Gasteiger partial charge in [-0.15, -0.1) is 5.10 Å². The topological polar surface area (TPSA) is 68.8 Å². The molecule has 6 nitrogen and oxygen atoms in total. The van der Waals surface area contributed by atoms with E-state index in [1.165, 1.54) is 0 Å². The Morgan fingerprint density at radius 1 is 1.44 bits per heavy atom. The molecular weight excluding hydrogens is 206 g/mol. The van der Waals surface area contributed by atoms with Gasteiger partial charge in [-0.2, -0.15) is 0 Å². The average molecular weight is 221 g/mol. The van der Waals surface area contributed by atoms with Crippen molar-refractivity contribution in [2.45, 2.75) is 33.0 Å². The fourth-order valence-electron chi connectivity index (χ4n) is 1.58. The predicted molar refractivity (Wildman–Crippen MR) is 57.6 cm³/mol. The fourth-order valence-corrected chi connectivity index (χ4v) is 1.58. The molecule has 6 heteroatoms. The highest BCUT2D eigenvalue weighted by Crippen LogP contribution is 2.03. The fraction of sp³-hybridized carbons (Fsp3) is 0.500. The molecule has 0 atom stereocenters. The van der Waals surface area contributed by atoms with Crippen molar-refractivity contribution >= 4 is 0 Å². The predicted octanol–water partition coefficient (Wildman–Crippen LogP) is 0.425. The van der Waals surface area contributed by atoms with Gasteiger partial charge in [0.1, 0.15) is 5.69 Å². The molecule has 0 bridgehead atoms. The van der Waals surface area contributed by atoms with E-state index in [0.717, 1.165) is 18.7 Å². The molecule has 1 N–H and O–H groups in total. The van der Waals surface area contributed by atoms with Gasteiger partial charge in [-0.1, -0.05) is 12.1 Å². The first-order valence-electron chi connectivity index (χ1n) is 5.32. The SMILES string of the molecule is CCCn1cncc1Cn1cc(CO)nn1. The zero-order chi connectivity index (χ0) is 11.4. The van der Waals surface area contributed by atoms with Crippen LogP contribution in [0, 0.1) is 0 Å². The Labute approximate surface area is 93.5 Å². The van der Waals surface area contributed by atoms with Gasteiger partial charge < -0.3 is 9.67 Å². The van der Waals surface area contributed by atoms with Crippen LogP contribution in [0.2, 0.25) is 0 Å². The summed E-state index contributed by atoms with van der Waals surface area (Å²) < 4.78 is 3.80. The maximum atomic E-state index is 8.88. The third kappa shape index (κ3) is 2.27. The number of nitrogens with zero attached hydrogens (tertiary/aromatic N) is 5. The molecule has 0 fully saturated rings. The van der Waals surface area contributed by atoms with Crippen LogP contribution in [0.15, 0.2) is 18.7 Å². The number of rotatable bonds is 5. The average Bonchev–Trinajstić information content (AvgIpc) is 2.90. The van der Waals surface area contributed by atoms with Gasteiger partial charge >= 0.3 is 0 Å². The lowest BCUT2D eigenvalue weighted by atomic mass is 10.4. The van der Waals surface area contributed by atoms with E-state index in [1.54, 1.807) is 10.9 Å². The van der Waals surface area contributed by atoms with Crippen molar-refractivity contribution in [2.75, 3.05) is 0 Å². The number of hydrogen-bond acceptors (Lipinski definition) is 4. The minimum atomic E-state index is -0.0752. The Bertz CT molecular complexity index is 448. The van der Waals surface area contributed by atoms with Crippen LogP contribution in [-0.2, 0) is 19.7 Å². The highest BCUT2D eigenvalue weighted by atomic mass is 16.3. The summed E-state index contributed by atoms with van der Waals surface area (Å²) in [5.41, 5.74) is 1.68. The van der Waals surface area contributed by atoms with Crippen molar-refractivity contribution in [3.8, 4) is 0 Å². The summed E-state index contributed by atoms with van der Waals surface area (Å²) >= 11 is 0. The summed E-state index contributed by atoms with van der Waals surface area (Å²) in [6.45, 7) is 3.64. The van der Waals surface area contributed by atoms with E-state index < -0.39 is 0 Å². The van der Waals surface area contributed by atoms with Crippen molar-refractivity contribution in [1.82, 2.24) is 24.5 Å². The first-order chi connectivity index (χ1) is 7.83. The third-order valence-electron chi connectivity index (χ3n) is 2.34. The number of aryl methyl sites for hydroxylation is 1. The van der Waals surface area contributed by atoms with Gasteiger partial charge in [0.15, 0.2) is 0 Å². The summed E-state index contributed by atoms with van der Waals surface area (Å²) in [7, 11) is 0. The van der Waals surface area contributed by atoms with E-state index in [4.69, 9.17) is 5.11 Å². The minimum absolute atomic E-state index is 0.0752. The summed E-state index contributed by atoms with van der Waals surface area (Å²) in [5, 5.41) is 16.6. The van der Waals surface area contributed by atoms with E-state index in [-0.39, 0.29) is 6.61 Å². The van der Waals surface area contributed by atoms with Gasteiger partial charge in [-0.05, 0) is 6.42 Å². The molecule has 0 radical (unpaired) electrons. The first kappa shape index (κ1) is 10.8. The van der Waals surface area contributed by atoms with Crippen molar-refractivity contribution in [3.63, 3.8) is 0 Å². The molecule has 2 rings (SSSR count). The summed E-state index contributed by atoms with van der Waals surface area (Å²) in [5.74, 6) is 0. The lowest BCUT2D eigenvalue weighted by Crippen LogP contribution is -2.07. The molecular formula is C10H15N5O. The number of imidazole rings is 1. The monoisotopic (exact) mass is 221 g/mol. The molecule has 0 aliphatic heterocycles. The van der Waals surface area contributed by atoms with Crippen LogP contribution in [0.3, 0.4) is 0 Å². The normalized spacial score (nSPS) is 10.9. The maximum Gasteiger partial charge on any atom is 0.108 e. The van der Waals surface area contributed by atoms with E-state index >= 15 is 0 Å².